The van der Waals surface area contributed by atoms with Gasteiger partial charge in [-0.25, -0.2) is 4.98 Å². The molecule has 18 heavy (non-hydrogen) atoms. The zero-order valence-corrected chi connectivity index (χ0v) is 11.3. The number of hydrogen-bond donors (Lipinski definition) is 2. The molecule has 92 valence electrons. The minimum atomic E-state index is -0.521. The lowest BCUT2D eigenvalue weighted by atomic mass is 10.4. The van der Waals surface area contributed by atoms with Crippen LogP contribution in [0.4, 0.5) is 0 Å². The summed E-state index contributed by atoms with van der Waals surface area (Å²) in [6.07, 6.45) is 4.16. The molecule has 2 N–H and O–H groups in total. The highest BCUT2D eigenvalue weighted by Gasteiger charge is 2.11. The third-order valence-corrected chi connectivity index (χ3v) is 3.50. The largest absolute Gasteiger partial charge is 0.289 e. The molecule has 2 rings (SSSR count). The maximum Gasteiger partial charge on any atom is 0.289 e. The van der Waals surface area contributed by atoms with E-state index in [9.17, 15) is 9.59 Å². The third-order valence-electron chi connectivity index (χ3n) is 1.88. The average molecular weight is 327 g/mol. The van der Waals surface area contributed by atoms with E-state index in [-0.39, 0.29) is 11.6 Å². The molecule has 0 atom stereocenters. The summed E-state index contributed by atoms with van der Waals surface area (Å²) in [4.78, 5) is 31.2. The minimum absolute atomic E-state index is 0.130. The standard InChI is InChI=1S/C10H7BrN4O2S/c11-8-2-1-7(18-8)10(17)15-14-9(16)6-5-12-3-4-13-6/h1-5H,(H,14,16)(H,15,17). The van der Waals surface area contributed by atoms with E-state index in [0.717, 1.165) is 3.79 Å². The molecule has 0 saturated heterocycles. The van der Waals surface area contributed by atoms with Crippen LogP contribution in [0.3, 0.4) is 0 Å². The molecule has 2 aromatic heterocycles. The van der Waals surface area contributed by atoms with Crippen LogP contribution in [0.5, 0.6) is 0 Å². The molecule has 0 saturated carbocycles. The number of aromatic nitrogens is 2. The van der Waals surface area contributed by atoms with Gasteiger partial charge in [0.1, 0.15) is 5.69 Å². The maximum atomic E-state index is 11.6. The molecule has 0 aliphatic carbocycles. The van der Waals surface area contributed by atoms with Crippen LogP contribution < -0.4 is 10.9 Å². The molecule has 0 spiro atoms. The van der Waals surface area contributed by atoms with E-state index in [1.165, 1.54) is 29.9 Å². The van der Waals surface area contributed by atoms with E-state index in [0.29, 0.717) is 4.88 Å². The molecule has 0 radical (unpaired) electrons. The third kappa shape index (κ3) is 3.11. The van der Waals surface area contributed by atoms with Crippen molar-refractivity contribution >= 4 is 39.1 Å². The fourth-order valence-corrected chi connectivity index (χ4v) is 2.37. The van der Waals surface area contributed by atoms with Gasteiger partial charge in [0.25, 0.3) is 11.8 Å². The summed E-state index contributed by atoms with van der Waals surface area (Å²) in [6, 6.07) is 3.41. The first kappa shape index (κ1) is 12.7. The Labute approximate surface area is 115 Å². The molecule has 0 aliphatic rings. The Balaban J connectivity index is 1.92. The first-order chi connectivity index (χ1) is 8.66. The number of hydrogen-bond acceptors (Lipinski definition) is 5. The van der Waals surface area contributed by atoms with E-state index in [1.807, 2.05) is 0 Å². The molecule has 0 unspecified atom stereocenters. The molecular formula is C10H7BrN4O2S. The Morgan fingerprint density at radius 3 is 2.56 bits per heavy atom. The summed E-state index contributed by atoms with van der Waals surface area (Å²) in [5.74, 6) is -0.907. The van der Waals surface area contributed by atoms with Gasteiger partial charge >= 0.3 is 0 Å². The monoisotopic (exact) mass is 326 g/mol. The fraction of sp³-hybridized carbons (Fsp3) is 0. The van der Waals surface area contributed by atoms with E-state index in [1.54, 1.807) is 12.1 Å². The van der Waals surface area contributed by atoms with Crippen LogP contribution >= 0.6 is 27.3 Å². The van der Waals surface area contributed by atoms with Crippen LogP contribution in [0.2, 0.25) is 0 Å². The second kappa shape index (κ2) is 5.69. The Morgan fingerprint density at radius 1 is 1.17 bits per heavy atom. The van der Waals surface area contributed by atoms with E-state index >= 15 is 0 Å². The molecule has 0 aliphatic heterocycles. The summed E-state index contributed by atoms with van der Waals surface area (Å²) in [5.41, 5.74) is 4.68. The number of nitrogens with zero attached hydrogens (tertiary/aromatic N) is 2. The molecule has 8 heteroatoms. The van der Waals surface area contributed by atoms with Crippen LogP contribution in [-0.2, 0) is 0 Å². The number of amides is 2. The first-order valence-corrected chi connectivity index (χ1v) is 6.40. The molecule has 6 nitrogen and oxygen atoms in total. The Bertz CT molecular complexity index is 572. The predicted octanol–water partition coefficient (Wildman–Crippen LogP) is 1.38. The normalized spacial score (nSPS) is 9.83. The summed E-state index contributed by atoms with van der Waals surface area (Å²) in [5, 5.41) is 0. The van der Waals surface area contributed by atoms with E-state index in [2.05, 4.69) is 36.7 Å². The number of nitrogens with one attached hydrogen (secondary N) is 2. The molecule has 0 aromatic carbocycles. The van der Waals surface area contributed by atoms with Gasteiger partial charge in [-0.1, -0.05) is 0 Å². The van der Waals surface area contributed by atoms with Crippen molar-refractivity contribution in [2.45, 2.75) is 0 Å². The van der Waals surface area contributed by atoms with Gasteiger partial charge in [-0.3, -0.25) is 25.4 Å². The van der Waals surface area contributed by atoms with Crippen LogP contribution in [0.1, 0.15) is 20.2 Å². The maximum absolute atomic E-state index is 11.6. The van der Waals surface area contributed by atoms with Crippen molar-refractivity contribution in [3.8, 4) is 0 Å². The number of carbonyl (C=O) groups excluding carboxylic acids is 2. The Morgan fingerprint density at radius 2 is 1.94 bits per heavy atom. The van der Waals surface area contributed by atoms with Crippen LogP contribution in [-0.4, -0.2) is 21.8 Å². The van der Waals surface area contributed by atoms with Crippen molar-refractivity contribution in [1.29, 1.82) is 0 Å². The lowest BCUT2D eigenvalue weighted by Gasteiger charge is -2.04. The minimum Gasteiger partial charge on any atom is -0.266 e. The number of thiophene rings is 1. The van der Waals surface area contributed by atoms with Crippen LogP contribution in [0.15, 0.2) is 34.5 Å². The first-order valence-electron chi connectivity index (χ1n) is 4.79. The molecule has 2 aromatic rings. The fourth-order valence-electron chi connectivity index (χ4n) is 1.09. The van der Waals surface area contributed by atoms with Gasteiger partial charge in [-0.15, -0.1) is 11.3 Å². The highest BCUT2D eigenvalue weighted by atomic mass is 79.9. The van der Waals surface area contributed by atoms with Crippen molar-refractivity contribution in [3.63, 3.8) is 0 Å². The van der Waals surface area contributed by atoms with Gasteiger partial charge in [0.2, 0.25) is 0 Å². The highest BCUT2D eigenvalue weighted by molar-refractivity contribution is 9.11. The number of rotatable bonds is 2. The molecule has 0 fully saturated rings. The second-order valence-electron chi connectivity index (χ2n) is 3.10. The van der Waals surface area contributed by atoms with Crippen molar-refractivity contribution in [2.75, 3.05) is 0 Å². The summed E-state index contributed by atoms with van der Waals surface area (Å²) >= 11 is 4.52. The highest BCUT2D eigenvalue weighted by Crippen LogP contribution is 2.21. The zero-order chi connectivity index (χ0) is 13.0. The number of carbonyl (C=O) groups is 2. The number of halogens is 1. The SMILES string of the molecule is O=C(NNC(=O)c1ccc(Br)s1)c1cnccn1. The topological polar surface area (TPSA) is 84.0 Å². The average Bonchev–Trinajstić information content (AvgIpc) is 2.83. The van der Waals surface area contributed by atoms with Gasteiger partial charge in [0.05, 0.1) is 14.9 Å². The Kier molecular flexibility index (Phi) is 4.00. The lowest BCUT2D eigenvalue weighted by molar-refractivity contribution is 0.0846. The zero-order valence-electron chi connectivity index (χ0n) is 8.88. The smallest absolute Gasteiger partial charge is 0.266 e. The van der Waals surface area contributed by atoms with Gasteiger partial charge in [-0.05, 0) is 28.1 Å². The lowest BCUT2D eigenvalue weighted by Crippen LogP contribution is -2.41. The second-order valence-corrected chi connectivity index (χ2v) is 5.57. The Hall–Kier alpha value is -1.80. The van der Waals surface area contributed by atoms with Crippen molar-refractivity contribution in [2.24, 2.45) is 0 Å². The van der Waals surface area contributed by atoms with Gasteiger partial charge in [0, 0.05) is 12.4 Å². The van der Waals surface area contributed by atoms with E-state index in [4.69, 9.17) is 0 Å². The van der Waals surface area contributed by atoms with E-state index < -0.39 is 5.91 Å². The summed E-state index contributed by atoms with van der Waals surface area (Å²) in [7, 11) is 0. The van der Waals surface area contributed by atoms with Gasteiger partial charge < -0.3 is 0 Å². The molecule has 2 heterocycles. The molecule has 0 bridgehead atoms. The summed E-state index contributed by atoms with van der Waals surface area (Å²) in [6.45, 7) is 0. The van der Waals surface area contributed by atoms with Crippen LogP contribution in [0, 0.1) is 0 Å². The van der Waals surface area contributed by atoms with Gasteiger partial charge in [0.15, 0.2) is 0 Å². The predicted molar refractivity (Wildman–Crippen MR) is 69.0 cm³/mol. The van der Waals surface area contributed by atoms with Crippen molar-refractivity contribution in [3.05, 3.63) is 45.1 Å². The summed E-state index contributed by atoms with van der Waals surface area (Å²) < 4.78 is 0.841. The van der Waals surface area contributed by atoms with Crippen molar-refractivity contribution < 1.29 is 9.59 Å². The molecular weight excluding hydrogens is 320 g/mol. The van der Waals surface area contributed by atoms with Gasteiger partial charge in [-0.2, -0.15) is 0 Å². The number of hydrazine groups is 1. The quantitative estimate of drug-likeness (QED) is 0.816. The van der Waals surface area contributed by atoms with Crippen LogP contribution in [0.25, 0.3) is 0 Å². The van der Waals surface area contributed by atoms with Crippen molar-refractivity contribution in [1.82, 2.24) is 20.8 Å². The molecule has 2 amide bonds.